The highest BCUT2D eigenvalue weighted by Gasteiger charge is 2.11. The van der Waals surface area contributed by atoms with E-state index in [0.29, 0.717) is 13.2 Å². The van der Waals surface area contributed by atoms with E-state index in [-0.39, 0.29) is 11.9 Å². The van der Waals surface area contributed by atoms with Gasteiger partial charge < -0.3 is 10.1 Å². The lowest BCUT2D eigenvalue weighted by atomic mass is 10.2. The molecule has 0 saturated heterocycles. The van der Waals surface area contributed by atoms with E-state index in [1.54, 1.807) is 7.11 Å². The highest BCUT2D eigenvalue weighted by molar-refractivity contribution is 5.78. The molecule has 0 aliphatic carbocycles. The number of nitrogens with zero attached hydrogens (tertiary/aromatic N) is 1. The third-order valence-electron chi connectivity index (χ3n) is 2.89. The summed E-state index contributed by atoms with van der Waals surface area (Å²) in [7, 11) is 1.64. The summed E-state index contributed by atoms with van der Waals surface area (Å²) in [5.74, 6) is 0.0438. The van der Waals surface area contributed by atoms with Gasteiger partial charge in [-0.2, -0.15) is 0 Å². The van der Waals surface area contributed by atoms with Gasteiger partial charge in [0.25, 0.3) is 0 Å². The molecule has 1 rings (SSSR count). The summed E-state index contributed by atoms with van der Waals surface area (Å²) in [4.78, 5) is 14.0. The summed E-state index contributed by atoms with van der Waals surface area (Å²) in [6, 6.07) is 10.2. The molecular weight excluding hydrogens is 240 g/mol. The summed E-state index contributed by atoms with van der Waals surface area (Å²) in [6.07, 6.45) is 0. The molecule has 0 spiro atoms. The summed E-state index contributed by atoms with van der Waals surface area (Å²) in [6.45, 7) is 6.60. The monoisotopic (exact) mass is 264 g/mol. The molecule has 1 aromatic carbocycles. The normalized spacial score (nSPS) is 12.4. The second kappa shape index (κ2) is 8.67. The predicted octanol–water partition coefficient (Wildman–Crippen LogP) is 1.66. The molecule has 1 aromatic rings. The lowest BCUT2D eigenvalue weighted by Gasteiger charge is -2.21. The van der Waals surface area contributed by atoms with E-state index in [2.05, 4.69) is 29.3 Å². The van der Waals surface area contributed by atoms with Gasteiger partial charge in [0.05, 0.1) is 13.2 Å². The second-order valence-electron chi connectivity index (χ2n) is 4.71. The summed E-state index contributed by atoms with van der Waals surface area (Å²) < 4.78 is 5.00. The molecule has 1 amide bonds. The molecule has 4 heteroatoms. The first-order chi connectivity index (χ1) is 9.15. The van der Waals surface area contributed by atoms with Gasteiger partial charge in [-0.3, -0.25) is 9.69 Å². The van der Waals surface area contributed by atoms with Crippen molar-refractivity contribution in [2.45, 2.75) is 26.4 Å². The van der Waals surface area contributed by atoms with Crippen LogP contribution in [0.2, 0.25) is 0 Å². The van der Waals surface area contributed by atoms with Crippen LogP contribution in [0.4, 0.5) is 0 Å². The zero-order valence-electron chi connectivity index (χ0n) is 12.1. The summed E-state index contributed by atoms with van der Waals surface area (Å²) >= 11 is 0. The van der Waals surface area contributed by atoms with Crippen LogP contribution >= 0.6 is 0 Å². The quantitative estimate of drug-likeness (QED) is 0.776. The smallest absolute Gasteiger partial charge is 0.234 e. The topological polar surface area (TPSA) is 41.6 Å². The Morgan fingerprint density at radius 1 is 1.37 bits per heavy atom. The SMILES string of the molecule is CCN(CC(=O)NC(C)COC)Cc1ccccc1. The molecule has 0 heterocycles. The number of methoxy groups -OCH3 is 1. The van der Waals surface area contributed by atoms with Crippen molar-refractivity contribution in [2.24, 2.45) is 0 Å². The molecule has 1 N–H and O–H groups in total. The first-order valence-corrected chi connectivity index (χ1v) is 6.70. The van der Waals surface area contributed by atoms with Gasteiger partial charge >= 0.3 is 0 Å². The summed E-state index contributed by atoms with van der Waals surface area (Å²) in [5.41, 5.74) is 1.22. The van der Waals surface area contributed by atoms with Crippen molar-refractivity contribution in [3.05, 3.63) is 35.9 Å². The summed E-state index contributed by atoms with van der Waals surface area (Å²) in [5, 5.41) is 2.93. The Bertz CT molecular complexity index is 368. The van der Waals surface area contributed by atoms with Crippen molar-refractivity contribution >= 4 is 5.91 Å². The third-order valence-corrected chi connectivity index (χ3v) is 2.89. The van der Waals surface area contributed by atoms with Gasteiger partial charge in [0.1, 0.15) is 0 Å². The fraction of sp³-hybridized carbons (Fsp3) is 0.533. The van der Waals surface area contributed by atoms with E-state index in [0.717, 1.165) is 13.1 Å². The van der Waals surface area contributed by atoms with Crippen molar-refractivity contribution in [1.29, 1.82) is 0 Å². The minimum atomic E-state index is 0.0438. The average Bonchev–Trinajstić information content (AvgIpc) is 2.39. The molecule has 0 aliphatic rings. The van der Waals surface area contributed by atoms with Crippen LogP contribution in [0.3, 0.4) is 0 Å². The number of amides is 1. The maximum absolute atomic E-state index is 11.9. The van der Waals surface area contributed by atoms with Gasteiger partial charge in [0.2, 0.25) is 5.91 Å². The Morgan fingerprint density at radius 2 is 2.05 bits per heavy atom. The van der Waals surface area contributed by atoms with Crippen molar-refractivity contribution in [1.82, 2.24) is 10.2 Å². The zero-order valence-corrected chi connectivity index (χ0v) is 12.1. The van der Waals surface area contributed by atoms with Crippen LogP contribution in [0.25, 0.3) is 0 Å². The molecule has 1 atom stereocenters. The number of benzene rings is 1. The first kappa shape index (κ1) is 15.7. The zero-order chi connectivity index (χ0) is 14.1. The van der Waals surface area contributed by atoms with Crippen LogP contribution in [0.15, 0.2) is 30.3 Å². The molecule has 0 aromatic heterocycles. The van der Waals surface area contributed by atoms with E-state index in [1.165, 1.54) is 5.56 Å². The molecule has 0 saturated carbocycles. The van der Waals surface area contributed by atoms with E-state index in [1.807, 2.05) is 25.1 Å². The number of hydrogen-bond donors (Lipinski definition) is 1. The number of ether oxygens (including phenoxy) is 1. The number of carbonyl (C=O) groups excluding carboxylic acids is 1. The fourth-order valence-electron chi connectivity index (χ4n) is 1.94. The van der Waals surface area contributed by atoms with Crippen LogP contribution in [-0.2, 0) is 16.1 Å². The van der Waals surface area contributed by atoms with Crippen molar-refractivity contribution < 1.29 is 9.53 Å². The van der Waals surface area contributed by atoms with E-state index >= 15 is 0 Å². The molecule has 4 nitrogen and oxygen atoms in total. The Hall–Kier alpha value is -1.39. The van der Waals surface area contributed by atoms with Gasteiger partial charge in [0.15, 0.2) is 0 Å². The molecule has 0 aliphatic heterocycles. The van der Waals surface area contributed by atoms with Crippen LogP contribution < -0.4 is 5.32 Å². The third kappa shape index (κ3) is 6.36. The molecular formula is C15H24N2O2. The average molecular weight is 264 g/mol. The van der Waals surface area contributed by atoms with Crippen molar-refractivity contribution in [2.75, 3.05) is 26.8 Å². The highest BCUT2D eigenvalue weighted by Crippen LogP contribution is 2.03. The Balaban J connectivity index is 2.41. The molecule has 106 valence electrons. The van der Waals surface area contributed by atoms with Crippen LogP contribution in [-0.4, -0.2) is 43.7 Å². The maximum Gasteiger partial charge on any atom is 0.234 e. The van der Waals surface area contributed by atoms with E-state index < -0.39 is 0 Å². The van der Waals surface area contributed by atoms with E-state index in [4.69, 9.17) is 4.74 Å². The Labute approximate surface area is 115 Å². The number of nitrogens with one attached hydrogen (secondary N) is 1. The molecule has 0 fully saturated rings. The maximum atomic E-state index is 11.9. The highest BCUT2D eigenvalue weighted by atomic mass is 16.5. The molecule has 0 bridgehead atoms. The van der Waals surface area contributed by atoms with Crippen molar-refractivity contribution in [3.8, 4) is 0 Å². The molecule has 19 heavy (non-hydrogen) atoms. The second-order valence-corrected chi connectivity index (χ2v) is 4.71. The van der Waals surface area contributed by atoms with Crippen LogP contribution in [0.1, 0.15) is 19.4 Å². The van der Waals surface area contributed by atoms with Gasteiger partial charge in [-0.1, -0.05) is 37.3 Å². The van der Waals surface area contributed by atoms with Crippen molar-refractivity contribution in [3.63, 3.8) is 0 Å². The number of carbonyl (C=O) groups is 1. The minimum absolute atomic E-state index is 0.0438. The van der Waals surface area contributed by atoms with Gasteiger partial charge in [-0.05, 0) is 19.0 Å². The van der Waals surface area contributed by atoms with Gasteiger partial charge in [0, 0.05) is 19.7 Å². The largest absolute Gasteiger partial charge is 0.383 e. The van der Waals surface area contributed by atoms with E-state index in [9.17, 15) is 4.79 Å². The predicted molar refractivity (Wildman–Crippen MR) is 76.9 cm³/mol. The fourth-order valence-corrected chi connectivity index (χ4v) is 1.94. The lowest BCUT2D eigenvalue weighted by Crippen LogP contribution is -2.42. The Kier molecular flexibility index (Phi) is 7.15. The number of hydrogen-bond acceptors (Lipinski definition) is 3. The van der Waals surface area contributed by atoms with Gasteiger partial charge in [-0.25, -0.2) is 0 Å². The minimum Gasteiger partial charge on any atom is -0.383 e. The molecule has 1 unspecified atom stereocenters. The molecule has 0 radical (unpaired) electrons. The van der Waals surface area contributed by atoms with Crippen LogP contribution in [0.5, 0.6) is 0 Å². The Morgan fingerprint density at radius 3 is 2.63 bits per heavy atom. The number of likely N-dealkylation sites (N-methyl/N-ethyl adjacent to an activating group) is 1. The standard InChI is InChI=1S/C15H24N2O2/c1-4-17(10-14-8-6-5-7-9-14)11-15(18)16-13(2)12-19-3/h5-9,13H,4,10-12H2,1-3H3,(H,16,18). The first-order valence-electron chi connectivity index (χ1n) is 6.70. The van der Waals surface area contributed by atoms with Crippen LogP contribution in [0, 0.1) is 0 Å². The lowest BCUT2D eigenvalue weighted by molar-refractivity contribution is -0.123. The van der Waals surface area contributed by atoms with Gasteiger partial charge in [-0.15, -0.1) is 0 Å². The number of rotatable bonds is 8.